The van der Waals surface area contributed by atoms with Crippen LogP contribution >= 0.6 is 0 Å². The summed E-state index contributed by atoms with van der Waals surface area (Å²) >= 11 is 0. The quantitative estimate of drug-likeness (QED) is 0.283. The van der Waals surface area contributed by atoms with Crippen LogP contribution in [0.3, 0.4) is 0 Å². The Balaban J connectivity index is 1.92. The predicted molar refractivity (Wildman–Crippen MR) is 166 cm³/mol. The lowest BCUT2D eigenvalue weighted by Crippen LogP contribution is -2.65. The van der Waals surface area contributed by atoms with Gasteiger partial charge < -0.3 is 33.7 Å². The number of amides is 2. The minimum atomic E-state index is -1.24. The normalized spacial score (nSPS) is 18.8. The molecular weight excluding hydrogens is 556 g/mol. The van der Waals surface area contributed by atoms with E-state index in [4.69, 9.17) is 28.9 Å². The summed E-state index contributed by atoms with van der Waals surface area (Å²) in [5, 5.41) is 2.99. The molecule has 1 aliphatic rings. The van der Waals surface area contributed by atoms with E-state index in [0.717, 1.165) is 6.04 Å². The Hall–Kier alpha value is -2.74. The molecule has 0 aromatic carbocycles. The van der Waals surface area contributed by atoms with E-state index in [-0.39, 0.29) is 24.8 Å². The molecule has 0 saturated carbocycles. The third-order valence-electron chi connectivity index (χ3n) is 6.99. The van der Waals surface area contributed by atoms with Crippen molar-refractivity contribution >= 4 is 37.1 Å². The summed E-state index contributed by atoms with van der Waals surface area (Å²) in [4.78, 5) is 39.9. The zero-order valence-corrected chi connectivity index (χ0v) is 28.1. The van der Waals surface area contributed by atoms with Crippen molar-refractivity contribution in [3.8, 4) is 0 Å². The molecule has 42 heavy (non-hydrogen) atoms. The van der Waals surface area contributed by atoms with Crippen LogP contribution in [0.4, 0.5) is 10.6 Å². The highest BCUT2D eigenvalue weighted by atomic mass is 28.3. The van der Waals surface area contributed by atoms with Crippen molar-refractivity contribution in [1.82, 2.24) is 24.8 Å². The van der Waals surface area contributed by atoms with Gasteiger partial charge in [-0.15, -0.1) is 0 Å². The lowest BCUT2D eigenvalue weighted by atomic mass is 9.97. The molecule has 2 aromatic heterocycles. The van der Waals surface area contributed by atoms with Gasteiger partial charge in [0.25, 0.3) is 5.91 Å². The summed E-state index contributed by atoms with van der Waals surface area (Å²) in [6, 6.07) is 0.861. The largest absolute Gasteiger partial charge is 0.444 e. The third kappa shape index (κ3) is 8.88. The van der Waals surface area contributed by atoms with Crippen LogP contribution in [0, 0.1) is 0 Å². The van der Waals surface area contributed by atoms with E-state index in [9.17, 15) is 9.59 Å². The maximum atomic E-state index is 13.4. The molecule has 0 bridgehead atoms. The summed E-state index contributed by atoms with van der Waals surface area (Å²) in [5.41, 5.74) is 0.206. The molecule has 2 atom stereocenters. The van der Waals surface area contributed by atoms with Crippen molar-refractivity contribution in [2.24, 2.45) is 0 Å². The number of ether oxygens (including phenoxy) is 4. The van der Waals surface area contributed by atoms with Gasteiger partial charge in [-0.05, 0) is 40.7 Å². The number of anilines is 1. The van der Waals surface area contributed by atoms with Gasteiger partial charge in [0.15, 0.2) is 5.65 Å². The van der Waals surface area contributed by atoms with Crippen molar-refractivity contribution in [3.63, 3.8) is 0 Å². The van der Waals surface area contributed by atoms with Crippen LogP contribution in [0.1, 0.15) is 45.0 Å². The molecule has 0 aliphatic carbocycles. The molecule has 1 saturated heterocycles. The van der Waals surface area contributed by atoms with Crippen LogP contribution in [-0.2, 0) is 25.7 Å². The molecule has 236 valence electrons. The molecule has 1 fully saturated rings. The molecule has 0 radical (unpaired) electrons. The number of methoxy groups -OCH3 is 2. The number of carbonyl (C=O) groups excluding carboxylic acids is 2. The van der Waals surface area contributed by atoms with Gasteiger partial charge in [-0.3, -0.25) is 9.69 Å². The van der Waals surface area contributed by atoms with Gasteiger partial charge in [0.2, 0.25) is 0 Å². The fourth-order valence-electron chi connectivity index (χ4n) is 4.92. The SMILES string of the molecule is COC[C@@H](C)NC(=O)c1cn(COCC[Si](C)(C)C)c2ncc(N3CCN(C(=O)OC(C)(C)C)C(C)(COC)C3)nc12. The first kappa shape index (κ1) is 33.8. The standard InChI is InChI=1S/C29H50N6O6Si/c1-21(17-38-6)31-26(36)22-16-34(20-40-13-14-42(8,9)10)25-24(22)32-23(15-30-25)33-11-12-35(27(37)41-28(2,3)4)29(5,18-33)19-39-7/h15-16,21H,11-14,17-20H2,1-10H3,(H,31,36)/t21-,29?/m1/s1. The summed E-state index contributed by atoms with van der Waals surface area (Å²) in [6.07, 6.45) is 3.10. The van der Waals surface area contributed by atoms with Gasteiger partial charge in [-0.1, -0.05) is 19.6 Å². The maximum Gasteiger partial charge on any atom is 0.410 e. The van der Waals surface area contributed by atoms with Crippen LogP contribution in [0.5, 0.6) is 0 Å². The highest BCUT2D eigenvalue weighted by Gasteiger charge is 2.43. The zero-order chi connectivity index (χ0) is 31.3. The molecule has 1 aliphatic heterocycles. The van der Waals surface area contributed by atoms with Crippen LogP contribution in [0.15, 0.2) is 12.4 Å². The lowest BCUT2D eigenvalue weighted by Gasteiger charge is -2.48. The number of hydrogen-bond acceptors (Lipinski definition) is 9. The fraction of sp³-hybridized carbons (Fsp3) is 0.724. The Kier molecular flexibility index (Phi) is 11.0. The van der Waals surface area contributed by atoms with Gasteiger partial charge in [-0.2, -0.15) is 0 Å². The number of fused-ring (bicyclic) bond motifs is 1. The number of aromatic nitrogens is 3. The smallest absolute Gasteiger partial charge is 0.410 e. The van der Waals surface area contributed by atoms with Crippen LogP contribution in [0.25, 0.3) is 11.2 Å². The first-order chi connectivity index (χ1) is 19.6. The van der Waals surface area contributed by atoms with E-state index >= 15 is 0 Å². The fourth-order valence-corrected chi connectivity index (χ4v) is 5.68. The highest BCUT2D eigenvalue weighted by Crippen LogP contribution is 2.29. The van der Waals surface area contributed by atoms with Crippen molar-refractivity contribution < 1.29 is 28.5 Å². The summed E-state index contributed by atoms with van der Waals surface area (Å²) in [5.74, 6) is 0.362. The van der Waals surface area contributed by atoms with E-state index in [2.05, 4.69) is 29.9 Å². The molecule has 1 N–H and O–H groups in total. The lowest BCUT2D eigenvalue weighted by molar-refractivity contribution is -0.0240. The molecule has 13 heteroatoms. The van der Waals surface area contributed by atoms with Gasteiger partial charge in [-0.25, -0.2) is 14.8 Å². The number of rotatable bonds is 12. The van der Waals surface area contributed by atoms with E-state index in [1.54, 1.807) is 31.5 Å². The number of carbonyl (C=O) groups is 2. The number of nitrogens with one attached hydrogen (secondary N) is 1. The second-order valence-corrected chi connectivity index (χ2v) is 19.2. The van der Waals surface area contributed by atoms with Gasteiger partial charge >= 0.3 is 6.09 Å². The Morgan fingerprint density at radius 1 is 1.17 bits per heavy atom. The van der Waals surface area contributed by atoms with E-state index < -0.39 is 19.2 Å². The minimum Gasteiger partial charge on any atom is -0.444 e. The van der Waals surface area contributed by atoms with E-state index in [0.29, 0.717) is 62.0 Å². The topological polar surface area (TPSA) is 120 Å². The third-order valence-corrected chi connectivity index (χ3v) is 8.69. The van der Waals surface area contributed by atoms with Gasteiger partial charge in [0.1, 0.15) is 23.7 Å². The maximum absolute atomic E-state index is 13.4. The molecule has 0 spiro atoms. The summed E-state index contributed by atoms with van der Waals surface area (Å²) in [6.45, 7) is 19.4. The predicted octanol–water partition coefficient (Wildman–Crippen LogP) is 3.97. The molecule has 3 rings (SSSR count). The van der Waals surface area contributed by atoms with E-state index in [1.807, 2.05) is 39.2 Å². The van der Waals surface area contributed by atoms with E-state index in [1.165, 1.54) is 0 Å². The first-order valence-corrected chi connectivity index (χ1v) is 18.3. The van der Waals surface area contributed by atoms with Gasteiger partial charge in [0.05, 0.1) is 30.5 Å². The molecule has 2 aromatic rings. The monoisotopic (exact) mass is 606 g/mol. The summed E-state index contributed by atoms with van der Waals surface area (Å²) in [7, 11) is 1.98. The van der Waals surface area contributed by atoms with Crippen molar-refractivity contribution in [2.45, 2.75) is 84.2 Å². The van der Waals surface area contributed by atoms with Crippen LogP contribution in [0.2, 0.25) is 25.7 Å². The average molecular weight is 607 g/mol. The molecular formula is C29H50N6O6Si. The Morgan fingerprint density at radius 3 is 2.50 bits per heavy atom. The van der Waals surface area contributed by atoms with Crippen molar-refractivity contribution in [1.29, 1.82) is 0 Å². The molecule has 12 nitrogen and oxygen atoms in total. The highest BCUT2D eigenvalue weighted by molar-refractivity contribution is 6.76. The second kappa shape index (κ2) is 13.7. The van der Waals surface area contributed by atoms with Gasteiger partial charge in [0, 0.05) is 60.8 Å². The first-order valence-electron chi connectivity index (χ1n) is 14.5. The number of hydrogen-bond donors (Lipinski definition) is 1. The Morgan fingerprint density at radius 2 is 1.88 bits per heavy atom. The number of piperazine rings is 1. The Labute approximate surface area is 251 Å². The second-order valence-electron chi connectivity index (χ2n) is 13.6. The summed E-state index contributed by atoms with van der Waals surface area (Å²) < 4.78 is 24.2. The molecule has 2 amide bonds. The van der Waals surface area contributed by atoms with Crippen molar-refractivity contribution in [3.05, 3.63) is 18.0 Å². The van der Waals surface area contributed by atoms with Crippen molar-refractivity contribution in [2.75, 3.05) is 58.6 Å². The molecule has 3 heterocycles. The number of nitrogens with zero attached hydrogens (tertiary/aromatic N) is 5. The van der Waals surface area contributed by atoms with Crippen LogP contribution in [-0.4, -0.2) is 110 Å². The Bertz CT molecular complexity index is 1230. The van der Waals surface area contributed by atoms with Crippen LogP contribution < -0.4 is 10.2 Å². The molecule has 1 unspecified atom stereocenters. The minimum absolute atomic E-state index is 0.180. The zero-order valence-electron chi connectivity index (χ0n) is 27.1. The average Bonchev–Trinajstić information content (AvgIpc) is 3.23.